The average molecular weight is 417 g/mol. The van der Waals surface area contributed by atoms with E-state index in [0.29, 0.717) is 12.3 Å². The van der Waals surface area contributed by atoms with Gasteiger partial charge in [-0.25, -0.2) is 18.7 Å². The second kappa shape index (κ2) is 8.08. The molecule has 0 amide bonds. The van der Waals surface area contributed by atoms with Gasteiger partial charge in [0.05, 0.1) is 0 Å². The van der Waals surface area contributed by atoms with Crippen molar-refractivity contribution in [2.24, 2.45) is 17.8 Å². The van der Waals surface area contributed by atoms with Crippen molar-refractivity contribution in [3.63, 3.8) is 0 Å². The first-order valence-electron chi connectivity index (χ1n) is 10.7. The summed E-state index contributed by atoms with van der Waals surface area (Å²) in [5.74, 6) is -0.0949. The van der Waals surface area contributed by atoms with Crippen LogP contribution < -0.4 is 0 Å². The maximum atomic E-state index is 13.5. The van der Waals surface area contributed by atoms with Crippen molar-refractivity contribution in [2.75, 3.05) is 13.1 Å². The number of halogens is 5. The molecule has 1 saturated heterocycles. The minimum Gasteiger partial charge on any atom is -0.299 e. The molecule has 4 rings (SSSR count). The third-order valence-corrected chi connectivity index (χ3v) is 7.02. The fraction of sp³-hybridized carbons (Fsp3) is 0.810. The first-order valence-corrected chi connectivity index (χ1v) is 10.7. The van der Waals surface area contributed by atoms with Gasteiger partial charge in [-0.3, -0.25) is 4.90 Å². The number of fused-ring (bicyclic) bond motifs is 2. The molecule has 3 aliphatic rings. The van der Waals surface area contributed by atoms with Crippen LogP contribution in [-0.4, -0.2) is 33.9 Å². The Morgan fingerprint density at radius 1 is 1.10 bits per heavy atom. The Labute approximate surface area is 168 Å². The van der Waals surface area contributed by atoms with Crippen molar-refractivity contribution in [1.29, 1.82) is 0 Å². The van der Waals surface area contributed by atoms with E-state index in [0.717, 1.165) is 24.7 Å². The lowest BCUT2D eigenvalue weighted by Crippen LogP contribution is -2.39. The molecule has 2 bridgehead atoms. The third-order valence-electron chi connectivity index (χ3n) is 7.02. The van der Waals surface area contributed by atoms with Gasteiger partial charge in [-0.2, -0.15) is 13.2 Å². The fourth-order valence-corrected chi connectivity index (χ4v) is 5.46. The zero-order valence-corrected chi connectivity index (χ0v) is 16.5. The summed E-state index contributed by atoms with van der Waals surface area (Å²) >= 11 is 0. The molecule has 1 aromatic heterocycles. The van der Waals surface area contributed by atoms with Crippen molar-refractivity contribution < 1.29 is 22.0 Å². The van der Waals surface area contributed by atoms with Gasteiger partial charge in [0, 0.05) is 50.7 Å². The Morgan fingerprint density at radius 2 is 1.86 bits per heavy atom. The molecule has 3 atom stereocenters. The standard InChI is InChI=1S/C21H28F5N3/c22-20(23)6-8-29(9-7-20)13-17-12-27-18(28-19(17)21(24,25)26)3-1-2-15-10-14-4-5-16(15)11-14/h12,14-16H,1-11,13H2/t14-,15?,16-/m1/s1. The van der Waals surface area contributed by atoms with E-state index >= 15 is 0 Å². The van der Waals surface area contributed by atoms with E-state index in [2.05, 4.69) is 9.97 Å². The summed E-state index contributed by atoms with van der Waals surface area (Å²) in [6.45, 7) is 0.113. The highest BCUT2D eigenvalue weighted by Gasteiger charge is 2.40. The number of alkyl halides is 5. The highest BCUT2D eigenvalue weighted by molar-refractivity contribution is 5.21. The van der Waals surface area contributed by atoms with Crippen LogP contribution in [0.3, 0.4) is 0 Å². The molecule has 2 heterocycles. The summed E-state index contributed by atoms with van der Waals surface area (Å²) < 4.78 is 67.2. The lowest BCUT2D eigenvalue weighted by molar-refractivity contribution is -0.142. The Balaban J connectivity index is 1.37. The number of piperidine rings is 1. The van der Waals surface area contributed by atoms with Crippen LogP contribution in [0.25, 0.3) is 0 Å². The van der Waals surface area contributed by atoms with Crippen molar-refractivity contribution in [3.8, 4) is 0 Å². The van der Waals surface area contributed by atoms with Crippen LogP contribution in [0.4, 0.5) is 22.0 Å². The number of aromatic nitrogens is 2. The molecule has 0 N–H and O–H groups in total. The summed E-state index contributed by atoms with van der Waals surface area (Å²) in [5.41, 5.74) is -0.945. The average Bonchev–Trinajstić information content (AvgIpc) is 3.27. The molecule has 3 fully saturated rings. The van der Waals surface area contributed by atoms with Crippen LogP contribution in [-0.2, 0) is 19.1 Å². The van der Waals surface area contributed by atoms with E-state index in [4.69, 9.17) is 0 Å². The molecule has 1 aromatic rings. The second-order valence-electron chi connectivity index (χ2n) is 9.12. The number of hydrogen-bond donors (Lipinski definition) is 0. The predicted octanol–water partition coefficient (Wildman–Crippen LogP) is 5.49. The topological polar surface area (TPSA) is 29.0 Å². The van der Waals surface area contributed by atoms with Crippen LogP contribution in [0.2, 0.25) is 0 Å². The SMILES string of the molecule is FC1(F)CCN(Cc2cnc(CCCC3C[C@H]4CC[C@@H]3C4)nc2C(F)(F)F)CC1. The molecular formula is C21H28F5N3. The van der Waals surface area contributed by atoms with E-state index in [9.17, 15) is 22.0 Å². The molecule has 29 heavy (non-hydrogen) atoms. The van der Waals surface area contributed by atoms with Gasteiger partial charge in [0.1, 0.15) is 5.82 Å². The van der Waals surface area contributed by atoms with Crippen molar-refractivity contribution in [1.82, 2.24) is 14.9 Å². The molecule has 8 heteroatoms. The van der Waals surface area contributed by atoms with Gasteiger partial charge in [0.25, 0.3) is 5.92 Å². The molecule has 0 spiro atoms. The van der Waals surface area contributed by atoms with E-state index in [1.54, 1.807) is 4.90 Å². The number of aryl methyl sites for hydroxylation is 1. The molecule has 2 saturated carbocycles. The smallest absolute Gasteiger partial charge is 0.299 e. The van der Waals surface area contributed by atoms with E-state index in [-0.39, 0.29) is 43.9 Å². The maximum Gasteiger partial charge on any atom is 0.433 e. The fourth-order valence-electron chi connectivity index (χ4n) is 5.46. The summed E-state index contributed by atoms with van der Waals surface area (Å²) in [6.07, 6.45) is 3.58. The van der Waals surface area contributed by atoms with Crippen molar-refractivity contribution >= 4 is 0 Å². The number of rotatable bonds is 6. The number of hydrogen-bond acceptors (Lipinski definition) is 3. The molecule has 2 aliphatic carbocycles. The third kappa shape index (κ3) is 5.06. The highest BCUT2D eigenvalue weighted by atomic mass is 19.4. The van der Waals surface area contributed by atoms with Crippen LogP contribution >= 0.6 is 0 Å². The summed E-state index contributed by atoms with van der Waals surface area (Å²) in [6, 6.07) is 0. The number of nitrogens with zero attached hydrogens (tertiary/aromatic N) is 3. The monoisotopic (exact) mass is 417 g/mol. The summed E-state index contributed by atoms with van der Waals surface area (Å²) in [4.78, 5) is 9.64. The minimum atomic E-state index is -4.57. The minimum absolute atomic E-state index is 0.0282. The number of likely N-dealkylation sites (tertiary alicyclic amines) is 1. The van der Waals surface area contributed by atoms with E-state index < -0.39 is 17.8 Å². The van der Waals surface area contributed by atoms with Gasteiger partial charge in [-0.1, -0.05) is 6.42 Å². The van der Waals surface area contributed by atoms with Gasteiger partial charge in [-0.05, 0) is 49.9 Å². The maximum absolute atomic E-state index is 13.5. The zero-order valence-electron chi connectivity index (χ0n) is 16.5. The molecule has 1 aliphatic heterocycles. The molecular weight excluding hydrogens is 389 g/mol. The predicted molar refractivity (Wildman–Crippen MR) is 98.4 cm³/mol. The Morgan fingerprint density at radius 3 is 2.48 bits per heavy atom. The van der Waals surface area contributed by atoms with Gasteiger partial charge in [0.2, 0.25) is 0 Å². The molecule has 0 aromatic carbocycles. The first kappa shape index (κ1) is 20.9. The van der Waals surface area contributed by atoms with Gasteiger partial charge in [0.15, 0.2) is 5.69 Å². The molecule has 1 unspecified atom stereocenters. The molecule has 3 nitrogen and oxygen atoms in total. The van der Waals surface area contributed by atoms with Crippen LogP contribution in [0.1, 0.15) is 68.4 Å². The highest BCUT2D eigenvalue weighted by Crippen LogP contribution is 2.50. The zero-order chi connectivity index (χ0) is 20.6. The van der Waals surface area contributed by atoms with E-state index in [1.807, 2.05) is 0 Å². The largest absolute Gasteiger partial charge is 0.433 e. The Bertz CT molecular complexity index is 711. The molecule has 0 radical (unpaired) electrons. The van der Waals surface area contributed by atoms with E-state index in [1.165, 1.54) is 31.9 Å². The van der Waals surface area contributed by atoms with Crippen molar-refractivity contribution in [3.05, 3.63) is 23.3 Å². The normalized spacial score (nSPS) is 29.5. The van der Waals surface area contributed by atoms with Crippen LogP contribution in [0, 0.1) is 17.8 Å². The van der Waals surface area contributed by atoms with Crippen LogP contribution in [0.5, 0.6) is 0 Å². The van der Waals surface area contributed by atoms with Crippen LogP contribution in [0.15, 0.2) is 6.20 Å². The molecule has 162 valence electrons. The lowest BCUT2D eigenvalue weighted by Gasteiger charge is -2.32. The summed E-state index contributed by atoms with van der Waals surface area (Å²) in [7, 11) is 0. The first-order chi connectivity index (χ1) is 13.7. The summed E-state index contributed by atoms with van der Waals surface area (Å²) in [5, 5.41) is 0. The van der Waals surface area contributed by atoms with Gasteiger partial charge in [-0.15, -0.1) is 0 Å². The Kier molecular flexibility index (Phi) is 5.84. The lowest BCUT2D eigenvalue weighted by atomic mass is 9.85. The quantitative estimate of drug-likeness (QED) is 0.574. The van der Waals surface area contributed by atoms with Crippen molar-refractivity contribution in [2.45, 2.75) is 76.4 Å². The van der Waals surface area contributed by atoms with Gasteiger partial charge >= 0.3 is 6.18 Å². The Hall–Kier alpha value is -1.31. The van der Waals surface area contributed by atoms with Gasteiger partial charge < -0.3 is 0 Å². The second-order valence-corrected chi connectivity index (χ2v) is 9.12.